The molecule has 0 aliphatic carbocycles. The topological polar surface area (TPSA) is 68.2 Å². The van der Waals surface area contributed by atoms with E-state index >= 15 is 0 Å². The Balaban J connectivity index is 1.67. The molecule has 0 bridgehead atoms. The number of hydrogen-bond acceptors (Lipinski definition) is 5. The lowest BCUT2D eigenvalue weighted by molar-refractivity contribution is -0.127. The number of amides is 3. The number of halogens is 1. The molecule has 2 unspecified atom stereocenters. The van der Waals surface area contributed by atoms with E-state index in [2.05, 4.69) is 10.2 Å². The predicted molar refractivity (Wildman–Crippen MR) is 93.7 cm³/mol. The number of carbonyl (C=O) groups excluding carboxylic acids is 2. The first-order valence-corrected chi connectivity index (χ1v) is 8.96. The molecule has 3 heterocycles. The molecule has 1 aromatic rings. The summed E-state index contributed by atoms with van der Waals surface area (Å²) >= 11 is 0. The molecule has 2 fully saturated rings. The molecule has 2 saturated heterocycles. The van der Waals surface area contributed by atoms with Crippen molar-refractivity contribution in [1.82, 2.24) is 20.0 Å². The molecule has 1 aromatic carbocycles. The first kappa shape index (κ1) is 16.8. The highest BCUT2D eigenvalue weighted by Gasteiger charge is 2.49. The zero-order valence-corrected chi connectivity index (χ0v) is 14.7. The fourth-order valence-electron chi connectivity index (χ4n) is 3.82. The third-order valence-electron chi connectivity index (χ3n) is 5.24. The van der Waals surface area contributed by atoms with Crippen LogP contribution >= 0.6 is 0 Å². The Bertz CT molecular complexity index is 744. The summed E-state index contributed by atoms with van der Waals surface area (Å²) in [5, 5.41) is 2.40. The van der Waals surface area contributed by atoms with Crippen LogP contribution in [0.1, 0.15) is 24.8 Å². The largest absolute Gasteiger partial charge is 0.343 e. The number of benzene rings is 1. The van der Waals surface area contributed by atoms with E-state index < -0.39 is 18.2 Å². The molecule has 0 aromatic heterocycles. The van der Waals surface area contributed by atoms with E-state index in [4.69, 9.17) is 4.99 Å². The molecule has 26 heavy (non-hydrogen) atoms. The van der Waals surface area contributed by atoms with Crippen LogP contribution in [0.4, 0.5) is 9.18 Å². The summed E-state index contributed by atoms with van der Waals surface area (Å²) in [6.45, 7) is 2.21. The van der Waals surface area contributed by atoms with Crippen molar-refractivity contribution in [1.29, 1.82) is 0 Å². The van der Waals surface area contributed by atoms with Crippen molar-refractivity contribution in [3.8, 4) is 0 Å². The van der Waals surface area contributed by atoms with Gasteiger partial charge in [-0.05, 0) is 37.0 Å². The molecule has 1 N–H and O–H groups in total. The molecule has 0 saturated carbocycles. The molecule has 3 amide bonds. The zero-order chi connectivity index (χ0) is 18.3. The Kier molecular flexibility index (Phi) is 4.26. The summed E-state index contributed by atoms with van der Waals surface area (Å²) in [6.07, 6.45) is 2.82. The van der Waals surface area contributed by atoms with E-state index in [-0.39, 0.29) is 11.7 Å². The lowest BCUT2D eigenvalue weighted by Crippen LogP contribution is -2.64. The van der Waals surface area contributed by atoms with Gasteiger partial charge >= 0.3 is 6.03 Å². The van der Waals surface area contributed by atoms with Gasteiger partial charge < -0.3 is 14.7 Å². The first-order chi connectivity index (χ1) is 12.5. The first-order valence-electron chi connectivity index (χ1n) is 8.96. The van der Waals surface area contributed by atoms with E-state index in [0.29, 0.717) is 6.54 Å². The van der Waals surface area contributed by atoms with Crippen LogP contribution in [-0.4, -0.2) is 64.9 Å². The number of aliphatic imine (C=N–C) groups is 1. The van der Waals surface area contributed by atoms with Crippen LogP contribution in [-0.2, 0) is 11.3 Å². The monoisotopic (exact) mass is 359 g/mol. The van der Waals surface area contributed by atoms with E-state index in [0.717, 1.165) is 37.5 Å². The van der Waals surface area contributed by atoms with Crippen molar-refractivity contribution in [2.75, 3.05) is 20.1 Å². The van der Waals surface area contributed by atoms with Crippen molar-refractivity contribution >= 4 is 17.9 Å². The summed E-state index contributed by atoms with van der Waals surface area (Å²) in [4.78, 5) is 34.9. The van der Waals surface area contributed by atoms with Gasteiger partial charge in [-0.1, -0.05) is 12.1 Å². The van der Waals surface area contributed by atoms with Gasteiger partial charge in [-0.25, -0.2) is 14.2 Å². The molecular formula is C18H22FN5O2. The normalized spacial score (nSPS) is 25.9. The highest BCUT2D eigenvalue weighted by atomic mass is 19.1. The molecular weight excluding hydrogens is 337 g/mol. The highest BCUT2D eigenvalue weighted by molar-refractivity contribution is 6.03. The summed E-state index contributed by atoms with van der Waals surface area (Å²) in [5.41, 5.74) is 0.893. The Morgan fingerprint density at radius 1 is 1.15 bits per heavy atom. The Labute approximate surface area is 151 Å². The molecule has 0 radical (unpaired) electrons. The van der Waals surface area contributed by atoms with Crippen LogP contribution in [0, 0.1) is 5.82 Å². The second kappa shape index (κ2) is 6.59. The SMILES string of the molecule is CN1C(=O)NC(=O)C2C1N=C(N1CCCCC1)N2Cc1ccc(F)cc1. The van der Waals surface area contributed by atoms with Crippen LogP contribution in [0.15, 0.2) is 29.3 Å². The van der Waals surface area contributed by atoms with Crippen LogP contribution in [0.3, 0.4) is 0 Å². The Morgan fingerprint density at radius 2 is 1.85 bits per heavy atom. The van der Waals surface area contributed by atoms with Gasteiger partial charge in [0.1, 0.15) is 5.82 Å². The Hall–Kier alpha value is -2.64. The second-order valence-corrected chi connectivity index (χ2v) is 6.99. The zero-order valence-electron chi connectivity index (χ0n) is 14.7. The predicted octanol–water partition coefficient (Wildman–Crippen LogP) is 1.36. The van der Waals surface area contributed by atoms with E-state index in [9.17, 15) is 14.0 Å². The summed E-state index contributed by atoms with van der Waals surface area (Å²) in [5.74, 6) is 0.121. The number of nitrogens with zero attached hydrogens (tertiary/aromatic N) is 4. The van der Waals surface area contributed by atoms with E-state index in [1.807, 2.05) is 4.90 Å². The van der Waals surface area contributed by atoms with Crippen LogP contribution in [0.25, 0.3) is 0 Å². The minimum Gasteiger partial charge on any atom is -0.343 e. The van der Waals surface area contributed by atoms with Gasteiger partial charge in [0, 0.05) is 26.7 Å². The average molecular weight is 359 g/mol. The number of likely N-dealkylation sites (tertiary alicyclic amines) is 1. The highest BCUT2D eigenvalue weighted by Crippen LogP contribution is 2.28. The van der Waals surface area contributed by atoms with Gasteiger partial charge in [0.25, 0.3) is 5.91 Å². The minimum atomic E-state index is -0.570. The molecule has 8 heteroatoms. The number of rotatable bonds is 2. The fourth-order valence-corrected chi connectivity index (χ4v) is 3.82. The maximum atomic E-state index is 13.2. The fraction of sp³-hybridized carbons (Fsp3) is 0.500. The van der Waals surface area contributed by atoms with Gasteiger partial charge in [0.05, 0.1) is 0 Å². The van der Waals surface area contributed by atoms with Gasteiger partial charge in [0.2, 0.25) is 0 Å². The van der Waals surface area contributed by atoms with Gasteiger partial charge in [-0.15, -0.1) is 0 Å². The third-order valence-corrected chi connectivity index (χ3v) is 5.24. The molecule has 138 valence electrons. The Morgan fingerprint density at radius 3 is 2.54 bits per heavy atom. The standard InChI is InChI=1S/C18H22FN5O2/c1-22-15-14(16(25)21-18(22)26)24(11-12-5-7-13(19)8-6-12)17(20-15)23-9-3-2-4-10-23/h5-8,14-15H,2-4,9-11H2,1H3,(H,21,25,26). The number of imide groups is 1. The second-order valence-electron chi connectivity index (χ2n) is 6.99. The summed E-state index contributed by atoms with van der Waals surface area (Å²) in [7, 11) is 1.65. The molecule has 3 aliphatic heterocycles. The average Bonchev–Trinajstić information content (AvgIpc) is 3.02. The van der Waals surface area contributed by atoms with Crippen LogP contribution in [0.5, 0.6) is 0 Å². The number of carbonyl (C=O) groups is 2. The smallest absolute Gasteiger partial charge is 0.325 e. The number of fused-ring (bicyclic) bond motifs is 1. The number of likely N-dealkylation sites (N-methyl/N-ethyl adjacent to an activating group) is 1. The summed E-state index contributed by atoms with van der Waals surface area (Å²) in [6, 6.07) is 5.26. The van der Waals surface area contributed by atoms with Gasteiger partial charge in [-0.2, -0.15) is 0 Å². The molecule has 3 aliphatic rings. The quantitative estimate of drug-likeness (QED) is 0.866. The lowest BCUT2D eigenvalue weighted by Gasteiger charge is -2.38. The number of piperidine rings is 1. The minimum absolute atomic E-state index is 0.293. The lowest BCUT2D eigenvalue weighted by atomic mass is 10.1. The van der Waals surface area contributed by atoms with Crippen LogP contribution in [0.2, 0.25) is 0 Å². The van der Waals surface area contributed by atoms with E-state index in [1.165, 1.54) is 23.5 Å². The number of hydrogen-bond donors (Lipinski definition) is 1. The molecule has 7 nitrogen and oxygen atoms in total. The van der Waals surface area contributed by atoms with Crippen molar-refractivity contribution in [3.05, 3.63) is 35.6 Å². The number of guanidine groups is 1. The molecule has 4 rings (SSSR count). The van der Waals surface area contributed by atoms with Crippen molar-refractivity contribution in [2.24, 2.45) is 4.99 Å². The van der Waals surface area contributed by atoms with Crippen LogP contribution < -0.4 is 5.32 Å². The van der Waals surface area contributed by atoms with E-state index in [1.54, 1.807) is 19.2 Å². The van der Waals surface area contributed by atoms with Crippen molar-refractivity contribution in [2.45, 2.75) is 38.0 Å². The number of urea groups is 1. The summed E-state index contributed by atoms with van der Waals surface area (Å²) < 4.78 is 13.2. The van der Waals surface area contributed by atoms with Crippen molar-refractivity contribution < 1.29 is 14.0 Å². The maximum Gasteiger partial charge on any atom is 0.325 e. The molecule has 0 spiro atoms. The van der Waals surface area contributed by atoms with Gasteiger partial charge in [-0.3, -0.25) is 10.1 Å². The maximum absolute atomic E-state index is 13.2. The van der Waals surface area contributed by atoms with Gasteiger partial charge in [0.15, 0.2) is 18.2 Å². The van der Waals surface area contributed by atoms with Crippen molar-refractivity contribution in [3.63, 3.8) is 0 Å². The number of nitrogens with one attached hydrogen (secondary N) is 1. The molecule has 2 atom stereocenters. The third kappa shape index (κ3) is 2.89.